The van der Waals surface area contributed by atoms with Crippen molar-refractivity contribution in [3.05, 3.63) is 35.7 Å². The van der Waals surface area contributed by atoms with Crippen LogP contribution in [-0.4, -0.2) is 42.9 Å². The number of pyridine rings is 1. The Morgan fingerprint density at radius 2 is 2.44 bits per heavy atom. The summed E-state index contributed by atoms with van der Waals surface area (Å²) in [5.41, 5.74) is 2.27. The second kappa shape index (κ2) is 5.64. The molecule has 0 fully saturated rings. The molecule has 0 saturated carbocycles. The van der Waals surface area contributed by atoms with Crippen molar-refractivity contribution in [1.29, 1.82) is 0 Å². The third kappa shape index (κ3) is 2.87. The number of rotatable bonds is 4. The SMILES string of the molecule is COCC1=CCN(c2ccnc(C(=O)O)c2)CC1. The van der Waals surface area contributed by atoms with Gasteiger partial charge < -0.3 is 14.7 Å². The fourth-order valence-electron chi connectivity index (χ4n) is 2.00. The van der Waals surface area contributed by atoms with Crippen molar-refractivity contribution in [1.82, 2.24) is 4.98 Å². The molecule has 1 aliphatic heterocycles. The molecular formula is C13H16N2O3. The first-order valence-corrected chi connectivity index (χ1v) is 5.82. The summed E-state index contributed by atoms with van der Waals surface area (Å²) in [5.74, 6) is -0.996. The second-order valence-corrected chi connectivity index (χ2v) is 4.20. The highest BCUT2D eigenvalue weighted by atomic mass is 16.5. The minimum atomic E-state index is -0.996. The van der Waals surface area contributed by atoms with Crippen molar-refractivity contribution in [2.45, 2.75) is 6.42 Å². The fourth-order valence-corrected chi connectivity index (χ4v) is 2.00. The smallest absolute Gasteiger partial charge is 0.354 e. The van der Waals surface area contributed by atoms with Crippen LogP contribution in [0.15, 0.2) is 30.0 Å². The number of methoxy groups -OCH3 is 1. The van der Waals surface area contributed by atoms with Crippen LogP contribution in [0.25, 0.3) is 0 Å². The van der Waals surface area contributed by atoms with Crippen molar-refractivity contribution in [3.63, 3.8) is 0 Å². The maximum absolute atomic E-state index is 10.9. The van der Waals surface area contributed by atoms with Crippen molar-refractivity contribution in [2.24, 2.45) is 0 Å². The summed E-state index contributed by atoms with van der Waals surface area (Å²) in [6, 6.07) is 3.44. The van der Waals surface area contributed by atoms with E-state index < -0.39 is 5.97 Å². The Kier molecular flexibility index (Phi) is 3.94. The standard InChI is InChI=1S/C13H16N2O3/c1-18-9-10-3-6-15(7-4-10)11-2-5-14-12(8-11)13(16)17/h2-3,5,8H,4,6-7,9H2,1H3,(H,16,17). The highest BCUT2D eigenvalue weighted by Crippen LogP contribution is 2.20. The summed E-state index contributed by atoms with van der Waals surface area (Å²) in [7, 11) is 1.69. The Bertz CT molecular complexity index is 471. The molecule has 1 aromatic rings. The van der Waals surface area contributed by atoms with Gasteiger partial charge in [0.1, 0.15) is 5.69 Å². The lowest BCUT2D eigenvalue weighted by Gasteiger charge is -2.28. The summed E-state index contributed by atoms with van der Waals surface area (Å²) in [6.07, 6.45) is 4.61. The summed E-state index contributed by atoms with van der Waals surface area (Å²) >= 11 is 0. The molecule has 0 atom stereocenters. The summed E-state index contributed by atoms with van der Waals surface area (Å²) < 4.78 is 5.10. The van der Waals surface area contributed by atoms with Gasteiger partial charge in [-0.15, -0.1) is 0 Å². The van der Waals surface area contributed by atoms with E-state index in [4.69, 9.17) is 9.84 Å². The highest BCUT2D eigenvalue weighted by molar-refractivity contribution is 5.86. The zero-order valence-electron chi connectivity index (χ0n) is 10.3. The Morgan fingerprint density at radius 1 is 1.61 bits per heavy atom. The number of aromatic carboxylic acids is 1. The molecule has 0 radical (unpaired) electrons. The molecule has 5 heteroatoms. The Labute approximate surface area is 106 Å². The molecule has 1 N–H and O–H groups in total. The predicted octanol–water partition coefficient (Wildman–Crippen LogP) is 1.56. The number of carboxylic acids is 1. The van der Waals surface area contributed by atoms with E-state index in [1.807, 2.05) is 6.07 Å². The number of nitrogens with zero attached hydrogens (tertiary/aromatic N) is 2. The van der Waals surface area contributed by atoms with Gasteiger partial charge in [-0.2, -0.15) is 0 Å². The molecule has 18 heavy (non-hydrogen) atoms. The molecule has 0 spiro atoms. The van der Waals surface area contributed by atoms with Crippen molar-refractivity contribution in [2.75, 3.05) is 31.7 Å². The van der Waals surface area contributed by atoms with Crippen molar-refractivity contribution >= 4 is 11.7 Å². The zero-order valence-corrected chi connectivity index (χ0v) is 10.3. The van der Waals surface area contributed by atoms with Crippen LogP contribution >= 0.6 is 0 Å². The lowest BCUT2D eigenvalue weighted by atomic mass is 10.1. The Morgan fingerprint density at radius 3 is 3.06 bits per heavy atom. The first kappa shape index (κ1) is 12.6. The summed E-state index contributed by atoms with van der Waals surface area (Å²) in [4.78, 5) is 16.8. The minimum absolute atomic E-state index is 0.0826. The van der Waals surface area contributed by atoms with E-state index in [2.05, 4.69) is 16.0 Å². The first-order chi connectivity index (χ1) is 8.70. The molecule has 5 nitrogen and oxygen atoms in total. The van der Waals surface area contributed by atoms with Crippen LogP contribution in [-0.2, 0) is 4.74 Å². The van der Waals surface area contributed by atoms with Crippen LogP contribution in [0, 0.1) is 0 Å². The topological polar surface area (TPSA) is 62.7 Å². The molecule has 2 heterocycles. The number of ether oxygens (including phenoxy) is 1. The molecule has 0 bridgehead atoms. The van der Waals surface area contributed by atoms with Gasteiger partial charge in [-0.25, -0.2) is 9.78 Å². The number of hydrogen-bond donors (Lipinski definition) is 1. The first-order valence-electron chi connectivity index (χ1n) is 5.82. The van der Waals surface area contributed by atoms with Gasteiger partial charge in [0.2, 0.25) is 0 Å². The number of anilines is 1. The van der Waals surface area contributed by atoms with Crippen LogP contribution < -0.4 is 4.90 Å². The molecule has 96 valence electrons. The van der Waals surface area contributed by atoms with Gasteiger partial charge in [0, 0.05) is 32.1 Å². The van der Waals surface area contributed by atoms with Gasteiger partial charge in [-0.05, 0) is 24.1 Å². The van der Waals surface area contributed by atoms with E-state index in [1.54, 1.807) is 13.2 Å². The van der Waals surface area contributed by atoms with E-state index in [1.165, 1.54) is 11.8 Å². The highest BCUT2D eigenvalue weighted by Gasteiger charge is 2.14. The number of aromatic nitrogens is 1. The molecule has 0 saturated heterocycles. The lowest BCUT2D eigenvalue weighted by molar-refractivity contribution is 0.0690. The molecule has 0 aliphatic carbocycles. The largest absolute Gasteiger partial charge is 0.477 e. The predicted molar refractivity (Wildman–Crippen MR) is 68.0 cm³/mol. The molecular weight excluding hydrogens is 232 g/mol. The molecule has 0 amide bonds. The number of carboxylic acid groups (broad SMARTS) is 1. The second-order valence-electron chi connectivity index (χ2n) is 4.20. The molecule has 0 aromatic carbocycles. The summed E-state index contributed by atoms with van der Waals surface area (Å²) in [6.45, 7) is 2.32. The normalized spacial score (nSPS) is 15.4. The van der Waals surface area contributed by atoms with E-state index >= 15 is 0 Å². The van der Waals surface area contributed by atoms with Crippen molar-refractivity contribution in [3.8, 4) is 0 Å². The average molecular weight is 248 g/mol. The lowest BCUT2D eigenvalue weighted by Crippen LogP contribution is -2.29. The fraction of sp³-hybridized carbons (Fsp3) is 0.385. The van der Waals surface area contributed by atoms with Crippen molar-refractivity contribution < 1.29 is 14.6 Å². The average Bonchev–Trinajstić information content (AvgIpc) is 2.40. The zero-order chi connectivity index (χ0) is 13.0. The minimum Gasteiger partial charge on any atom is -0.477 e. The van der Waals surface area contributed by atoms with E-state index in [0.717, 1.165) is 25.2 Å². The van der Waals surface area contributed by atoms with Gasteiger partial charge in [-0.1, -0.05) is 6.08 Å². The Hall–Kier alpha value is -1.88. The van der Waals surface area contributed by atoms with Gasteiger partial charge in [0.25, 0.3) is 0 Å². The third-order valence-corrected chi connectivity index (χ3v) is 2.96. The number of carbonyl (C=O) groups is 1. The molecule has 2 rings (SSSR count). The molecule has 1 aliphatic rings. The van der Waals surface area contributed by atoms with Gasteiger partial charge in [0.15, 0.2) is 0 Å². The maximum Gasteiger partial charge on any atom is 0.354 e. The van der Waals surface area contributed by atoms with E-state index in [0.29, 0.717) is 6.61 Å². The Balaban J connectivity index is 2.09. The van der Waals surface area contributed by atoms with Gasteiger partial charge >= 0.3 is 5.97 Å². The van der Waals surface area contributed by atoms with Crippen LogP contribution in [0.3, 0.4) is 0 Å². The third-order valence-electron chi connectivity index (χ3n) is 2.96. The quantitative estimate of drug-likeness (QED) is 0.819. The number of hydrogen-bond acceptors (Lipinski definition) is 4. The van der Waals surface area contributed by atoms with Crippen LogP contribution in [0.5, 0.6) is 0 Å². The molecule has 1 aromatic heterocycles. The van der Waals surface area contributed by atoms with Gasteiger partial charge in [0.05, 0.1) is 6.61 Å². The van der Waals surface area contributed by atoms with Crippen LogP contribution in [0.1, 0.15) is 16.9 Å². The maximum atomic E-state index is 10.9. The van der Waals surface area contributed by atoms with E-state index in [-0.39, 0.29) is 5.69 Å². The molecule has 0 unspecified atom stereocenters. The van der Waals surface area contributed by atoms with Crippen LogP contribution in [0.2, 0.25) is 0 Å². The monoisotopic (exact) mass is 248 g/mol. The van der Waals surface area contributed by atoms with E-state index in [9.17, 15) is 4.79 Å². The van der Waals surface area contributed by atoms with Gasteiger partial charge in [-0.3, -0.25) is 0 Å². The summed E-state index contributed by atoms with van der Waals surface area (Å²) in [5, 5.41) is 8.91. The van der Waals surface area contributed by atoms with Crippen LogP contribution in [0.4, 0.5) is 5.69 Å².